The molecule has 4 rings (SSSR count). The number of unbranched alkanes of at least 4 members (excludes halogenated alkanes) is 14. The van der Waals surface area contributed by atoms with Gasteiger partial charge in [0.2, 0.25) is 0 Å². The highest BCUT2D eigenvalue weighted by atomic mass is 33.1. The molecule has 0 aliphatic heterocycles. The summed E-state index contributed by atoms with van der Waals surface area (Å²) in [6, 6.07) is 16.5. The number of carbonyl (C=O) groups is 1. The minimum Gasteiger partial charge on any atom is -0.481 e. The number of thiazole rings is 2. The van der Waals surface area contributed by atoms with Gasteiger partial charge in [-0.05, 0) is 52.3 Å². The minimum atomic E-state index is -0.653. The van der Waals surface area contributed by atoms with Crippen LogP contribution in [0.3, 0.4) is 0 Å². The lowest BCUT2D eigenvalue weighted by Crippen LogP contribution is -1.93. The molecule has 0 unspecified atom stereocenters. The number of carboxylic acids is 1. The molecule has 4 nitrogen and oxygen atoms in total. The lowest BCUT2D eigenvalue weighted by Gasteiger charge is -2.03. The molecule has 2 aromatic carbocycles. The molecule has 0 bridgehead atoms. The van der Waals surface area contributed by atoms with Crippen molar-refractivity contribution < 1.29 is 9.90 Å². The molecular formula is C32H44N2O2S4. The average molecular weight is 617 g/mol. The Hall–Kier alpha value is -1.61. The van der Waals surface area contributed by atoms with Crippen molar-refractivity contribution in [1.82, 2.24) is 9.97 Å². The van der Waals surface area contributed by atoms with Gasteiger partial charge in [-0.2, -0.15) is 0 Å². The Morgan fingerprint density at radius 3 is 1.38 bits per heavy atom. The zero-order chi connectivity index (χ0) is 28.3. The van der Waals surface area contributed by atoms with E-state index in [2.05, 4.69) is 53.3 Å². The van der Waals surface area contributed by atoms with Crippen LogP contribution in [0.5, 0.6) is 0 Å². The molecule has 40 heavy (non-hydrogen) atoms. The highest BCUT2D eigenvalue weighted by Gasteiger charge is 2.08. The van der Waals surface area contributed by atoms with Gasteiger partial charge >= 0.3 is 5.97 Å². The van der Waals surface area contributed by atoms with E-state index in [1.54, 1.807) is 44.3 Å². The molecule has 0 aliphatic carbocycles. The maximum atomic E-state index is 10.3. The predicted octanol–water partition coefficient (Wildman–Crippen LogP) is 12.0. The molecule has 0 spiro atoms. The number of hydrogen-bond donors (Lipinski definition) is 1. The van der Waals surface area contributed by atoms with E-state index >= 15 is 0 Å². The maximum absolute atomic E-state index is 10.3. The number of benzene rings is 2. The Bertz CT molecular complexity index is 1100. The number of rotatable bonds is 19. The van der Waals surface area contributed by atoms with Crippen molar-refractivity contribution in [3.8, 4) is 0 Å². The Balaban J connectivity index is 0.000000220. The van der Waals surface area contributed by atoms with Gasteiger partial charge in [0, 0.05) is 6.42 Å². The van der Waals surface area contributed by atoms with E-state index in [0.29, 0.717) is 6.42 Å². The third kappa shape index (κ3) is 13.4. The summed E-state index contributed by atoms with van der Waals surface area (Å²) in [4.78, 5) is 19.6. The molecule has 218 valence electrons. The SMILES string of the molecule is CCCCCCCCCCCCCCCCCC(=O)O.c1ccc2sc(SSc3nc4ccccc4s3)nc2c1. The second-order valence-electron chi connectivity index (χ2n) is 10.2. The summed E-state index contributed by atoms with van der Waals surface area (Å²) < 4.78 is 4.63. The van der Waals surface area contributed by atoms with Crippen LogP contribution in [-0.4, -0.2) is 21.0 Å². The van der Waals surface area contributed by atoms with Crippen molar-refractivity contribution in [3.05, 3.63) is 48.5 Å². The van der Waals surface area contributed by atoms with Crippen molar-refractivity contribution in [2.45, 2.75) is 118 Å². The molecule has 2 aromatic heterocycles. The summed E-state index contributed by atoms with van der Waals surface area (Å²) in [5.41, 5.74) is 2.15. The highest BCUT2D eigenvalue weighted by Crippen LogP contribution is 2.43. The summed E-state index contributed by atoms with van der Waals surface area (Å²) in [5, 5.41) is 8.52. The summed E-state index contributed by atoms with van der Waals surface area (Å²) >= 11 is 3.46. The van der Waals surface area contributed by atoms with Gasteiger partial charge in [0.25, 0.3) is 0 Å². The van der Waals surface area contributed by atoms with Crippen LogP contribution in [-0.2, 0) is 4.79 Å². The molecule has 0 saturated carbocycles. The van der Waals surface area contributed by atoms with Crippen molar-refractivity contribution >= 4 is 70.7 Å². The molecule has 0 amide bonds. The van der Waals surface area contributed by atoms with Gasteiger partial charge in [-0.3, -0.25) is 4.79 Å². The fourth-order valence-electron chi connectivity index (χ4n) is 4.49. The Morgan fingerprint density at radius 1 is 0.625 bits per heavy atom. The quantitative estimate of drug-likeness (QED) is 0.0835. The van der Waals surface area contributed by atoms with Gasteiger partial charge < -0.3 is 5.11 Å². The monoisotopic (exact) mass is 616 g/mol. The van der Waals surface area contributed by atoms with E-state index in [9.17, 15) is 4.79 Å². The fourth-order valence-corrected chi connectivity index (χ4v) is 8.99. The number of nitrogens with zero attached hydrogens (tertiary/aromatic N) is 2. The van der Waals surface area contributed by atoms with Crippen molar-refractivity contribution in [2.75, 3.05) is 0 Å². The Kier molecular flexibility index (Phi) is 16.7. The fraction of sp³-hybridized carbons (Fsp3) is 0.531. The van der Waals surface area contributed by atoms with E-state index in [1.165, 1.54) is 92.9 Å². The van der Waals surface area contributed by atoms with Crippen molar-refractivity contribution in [3.63, 3.8) is 0 Å². The van der Waals surface area contributed by atoms with Gasteiger partial charge in [-0.15, -0.1) is 22.7 Å². The third-order valence-corrected chi connectivity index (χ3v) is 11.8. The number of carboxylic acid groups (broad SMARTS) is 1. The minimum absolute atomic E-state index is 0.345. The molecule has 0 fully saturated rings. The molecule has 0 atom stereocenters. The molecule has 0 aliphatic rings. The average Bonchev–Trinajstić information content (AvgIpc) is 3.58. The van der Waals surface area contributed by atoms with Gasteiger partial charge in [0.05, 0.1) is 20.4 Å². The summed E-state index contributed by atoms with van der Waals surface area (Å²) in [6.45, 7) is 2.27. The zero-order valence-corrected chi connectivity index (χ0v) is 27.1. The van der Waals surface area contributed by atoms with E-state index in [4.69, 9.17) is 5.11 Å². The molecule has 8 heteroatoms. The number of aliphatic carboxylic acids is 1. The van der Waals surface area contributed by atoms with Crippen LogP contribution in [0.15, 0.2) is 57.2 Å². The number of aromatic nitrogens is 2. The second-order valence-corrected chi connectivity index (χ2v) is 14.8. The number of para-hydroxylation sites is 2. The van der Waals surface area contributed by atoms with Crippen LogP contribution in [0.1, 0.15) is 110 Å². The highest BCUT2D eigenvalue weighted by molar-refractivity contribution is 8.77. The Morgan fingerprint density at radius 2 is 1.00 bits per heavy atom. The first-order chi connectivity index (χ1) is 19.7. The van der Waals surface area contributed by atoms with E-state index in [0.717, 1.165) is 32.6 Å². The topological polar surface area (TPSA) is 63.1 Å². The van der Waals surface area contributed by atoms with Crippen molar-refractivity contribution in [2.24, 2.45) is 0 Å². The predicted molar refractivity (Wildman–Crippen MR) is 178 cm³/mol. The van der Waals surface area contributed by atoms with Gasteiger partial charge in [-0.25, -0.2) is 9.97 Å². The lowest BCUT2D eigenvalue weighted by molar-refractivity contribution is -0.137. The van der Waals surface area contributed by atoms with Crippen LogP contribution in [0, 0.1) is 0 Å². The molecular weight excluding hydrogens is 573 g/mol. The lowest BCUT2D eigenvalue weighted by atomic mass is 10.0. The first-order valence-corrected chi connectivity index (χ1v) is 18.7. The first-order valence-electron chi connectivity index (χ1n) is 14.9. The van der Waals surface area contributed by atoms with Crippen LogP contribution < -0.4 is 0 Å². The zero-order valence-electron chi connectivity index (χ0n) is 23.8. The van der Waals surface area contributed by atoms with Crippen LogP contribution in [0.4, 0.5) is 0 Å². The number of fused-ring (bicyclic) bond motifs is 2. The Labute approximate surface area is 256 Å². The normalized spacial score (nSPS) is 11.1. The van der Waals surface area contributed by atoms with Gasteiger partial charge in [0.15, 0.2) is 8.68 Å². The van der Waals surface area contributed by atoms with E-state index in [1.807, 2.05) is 12.1 Å². The summed E-state index contributed by atoms with van der Waals surface area (Å²) in [7, 11) is 3.37. The van der Waals surface area contributed by atoms with Crippen LogP contribution in [0.25, 0.3) is 20.4 Å². The van der Waals surface area contributed by atoms with Gasteiger partial charge in [0.1, 0.15) is 0 Å². The molecule has 0 radical (unpaired) electrons. The van der Waals surface area contributed by atoms with Gasteiger partial charge in [-0.1, -0.05) is 121 Å². The smallest absolute Gasteiger partial charge is 0.303 e. The molecule has 4 aromatic rings. The summed E-state index contributed by atoms with van der Waals surface area (Å²) in [5.74, 6) is -0.653. The summed E-state index contributed by atoms with van der Waals surface area (Å²) in [6.07, 6.45) is 20.2. The first kappa shape index (κ1) is 32.9. The van der Waals surface area contributed by atoms with E-state index < -0.39 is 5.97 Å². The van der Waals surface area contributed by atoms with E-state index in [-0.39, 0.29) is 0 Å². The van der Waals surface area contributed by atoms with Crippen LogP contribution in [0.2, 0.25) is 0 Å². The largest absolute Gasteiger partial charge is 0.481 e. The van der Waals surface area contributed by atoms with Crippen LogP contribution >= 0.6 is 44.3 Å². The molecule has 0 saturated heterocycles. The number of hydrogen-bond acceptors (Lipinski definition) is 7. The maximum Gasteiger partial charge on any atom is 0.303 e. The molecule has 2 heterocycles. The molecule has 1 N–H and O–H groups in total. The third-order valence-electron chi connectivity index (χ3n) is 6.73. The standard InChI is InChI=1S/C18H36O2.C14H8N2S4/c1-2-3-4-5-6-7-8-9-10-11-12-13-14-15-16-17-18(19)20;1-3-7-11-9(5-1)15-13(17-11)19-20-14-16-10-6-2-4-8-12(10)18-14/h2-17H2,1H3,(H,19,20);1-8H. The second kappa shape index (κ2) is 20.3. The van der Waals surface area contributed by atoms with Crippen molar-refractivity contribution in [1.29, 1.82) is 0 Å².